The van der Waals surface area contributed by atoms with Gasteiger partial charge in [-0.25, -0.2) is 0 Å². The van der Waals surface area contributed by atoms with Gasteiger partial charge in [0.2, 0.25) is 0 Å². The molecule has 0 fully saturated rings. The van der Waals surface area contributed by atoms with Gasteiger partial charge in [0.1, 0.15) is 17.3 Å². The van der Waals surface area contributed by atoms with E-state index in [-0.39, 0.29) is 17.1 Å². The molecule has 0 aliphatic heterocycles. The fourth-order valence-electron chi connectivity index (χ4n) is 1.36. The first-order valence-corrected chi connectivity index (χ1v) is 4.95. The lowest BCUT2D eigenvalue weighted by Crippen LogP contribution is -1.94. The van der Waals surface area contributed by atoms with Gasteiger partial charge in [0.05, 0.1) is 11.8 Å². The Bertz CT molecular complexity index is 553. The molecule has 0 saturated carbocycles. The molecule has 0 saturated heterocycles. The Morgan fingerprint density at radius 2 is 2.06 bits per heavy atom. The van der Waals surface area contributed by atoms with E-state index < -0.39 is 5.78 Å². The normalized spacial score (nSPS) is 10.8. The van der Waals surface area contributed by atoms with Crippen LogP contribution in [0.15, 0.2) is 47.1 Å². The van der Waals surface area contributed by atoms with Gasteiger partial charge in [-0.2, -0.15) is 0 Å². The number of hydrogen-bond donors (Lipinski definition) is 2. The first-order chi connectivity index (χ1) is 8.16. The molecule has 0 amide bonds. The molecular formula is C13H10O4. The molecule has 86 valence electrons. The summed E-state index contributed by atoms with van der Waals surface area (Å²) in [7, 11) is 0. The maximum absolute atomic E-state index is 11.7. The number of carbonyl (C=O) groups excluding carboxylic acids is 1. The van der Waals surface area contributed by atoms with Crippen LogP contribution in [-0.4, -0.2) is 16.0 Å². The van der Waals surface area contributed by atoms with Crippen molar-refractivity contribution in [2.24, 2.45) is 0 Å². The highest BCUT2D eigenvalue weighted by atomic mass is 16.3. The van der Waals surface area contributed by atoms with Crippen molar-refractivity contribution in [2.75, 3.05) is 0 Å². The molecule has 0 unspecified atom stereocenters. The molecule has 4 heteroatoms. The molecule has 4 nitrogen and oxygen atoms in total. The third kappa shape index (κ3) is 2.55. The first-order valence-electron chi connectivity index (χ1n) is 4.95. The summed E-state index contributed by atoms with van der Waals surface area (Å²) in [5.41, 5.74) is 0.0489. The molecule has 0 aliphatic rings. The molecule has 2 N–H and O–H groups in total. The molecule has 0 atom stereocenters. The number of phenolic OH excluding ortho intramolecular Hbond substituents is 2. The standard InChI is InChI=1S/C13H10O4/c14-9-3-5-12(15)11(8-9)13(16)6-4-10-2-1-7-17-10/h1-8,14-15H/b6-4+. The lowest BCUT2D eigenvalue weighted by atomic mass is 10.1. The van der Waals surface area contributed by atoms with Crippen molar-refractivity contribution in [3.05, 3.63) is 54.0 Å². The van der Waals surface area contributed by atoms with Gasteiger partial charge in [-0.3, -0.25) is 4.79 Å². The van der Waals surface area contributed by atoms with Gasteiger partial charge < -0.3 is 14.6 Å². The van der Waals surface area contributed by atoms with E-state index in [0.29, 0.717) is 5.76 Å². The molecule has 17 heavy (non-hydrogen) atoms. The molecule has 1 aromatic carbocycles. The van der Waals surface area contributed by atoms with Crippen LogP contribution in [-0.2, 0) is 0 Å². The van der Waals surface area contributed by atoms with Crippen molar-refractivity contribution in [3.63, 3.8) is 0 Å². The predicted molar refractivity (Wildman–Crippen MR) is 61.8 cm³/mol. The summed E-state index contributed by atoms with van der Waals surface area (Å²) in [4.78, 5) is 11.7. The number of furan rings is 1. The van der Waals surface area contributed by atoms with Crippen molar-refractivity contribution in [3.8, 4) is 11.5 Å². The Balaban J connectivity index is 2.23. The second kappa shape index (κ2) is 4.57. The number of rotatable bonds is 3. The number of phenols is 2. The van der Waals surface area contributed by atoms with E-state index in [1.807, 2.05) is 0 Å². The van der Waals surface area contributed by atoms with Crippen molar-refractivity contribution in [1.29, 1.82) is 0 Å². The third-order valence-electron chi connectivity index (χ3n) is 2.19. The molecule has 1 aromatic heterocycles. The summed E-state index contributed by atoms with van der Waals surface area (Å²) in [6.45, 7) is 0. The van der Waals surface area contributed by atoms with E-state index in [2.05, 4.69) is 0 Å². The van der Waals surface area contributed by atoms with Crippen LogP contribution in [0.5, 0.6) is 11.5 Å². The highest BCUT2D eigenvalue weighted by molar-refractivity contribution is 6.08. The van der Waals surface area contributed by atoms with E-state index in [1.165, 1.54) is 36.6 Å². The molecule has 0 spiro atoms. The average Bonchev–Trinajstić information content (AvgIpc) is 2.82. The molecule has 2 aromatic rings. The Kier molecular flexibility index (Phi) is 2.96. The lowest BCUT2D eigenvalue weighted by molar-refractivity contribution is 0.104. The second-order valence-electron chi connectivity index (χ2n) is 3.41. The second-order valence-corrected chi connectivity index (χ2v) is 3.41. The number of benzene rings is 1. The molecular weight excluding hydrogens is 220 g/mol. The van der Waals surface area contributed by atoms with Crippen molar-refractivity contribution in [2.45, 2.75) is 0 Å². The maximum atomic E-state index is 11.7. The summed E-state index contributed by atoms with van der Waals surface area (Å²) >= 11 is 0. The van der Waals surface area contributed by atoms with Gasteiger partial charge in [-0.05, 0) is 42.5 Å². The highest BCUT2D eigenvalue weighted by Gasteiger charge is 2.09. The summed E-state index contributed by atoms with van der Waals surface area (Å²) in [6.07, 6.45) is 4.26. The largest absolute Gasteiger partial charge is 0.508 e. The van der Waals surface area contributed by atoms with Crippen LogP contribution >= 0.6 is 0 Å². The maximum Gasteiger partial charge on any atom is 0.189 e. The molecule has 1 heterocycles. The van der Waals surface area contributed by atoms with Gasteiger partial charge in [0, 0.05) is 0 Å². The Labute approximate surface area is 97.4 Å². The van der Waals surface area contributed by atoms with Crippen molar-refractivity contribution < 1.29 is 19.4 Å². The van der Waals surface area contributed by atoms with Crippen LogP contribution in [0.2, 0.25) is 0 Å². The summed E-state index contributed by atoms with van der Waals surface area (Å²) in [5.74, 6) is -0.109. The Morgan fingerprint density at radius 3 is 2.76 bits per heavy atom. The summed E-state index contributed by atoms with van der Waals surface area (Å²) in [6, 6.07) is 7.19. The zero-order valence-corrected chi connectivity index (χ0v) is 8.83. The summed E-state index contributed by atoms with van der Waals surface area (Å²) < 4.78 is 5.02. The summed E-state index contributed by atoms with van der Waals surface area (Å²) in [5, 5.41) is 18.7. The molecule has 0 radical (unpaired) electrons. The minimum absolute atomic E-state index is 0.0489. The van der Waals surface area contributed by atoms with E-state index in [1.54, 1.807) is 12.1 Å². The van der Waals surface area contributed by atoms with E-state index >= 15 is 0 Å². The average molecular weight is 230 g/mol. The minimum Gasteiger partial charge on any atom is -0.508 e. The molecule has 2 rings (SSSR count). The minimum atomic E-state index is -0.408. The third-order valence-corrected chi connectivity index (χ3v) is 2.19. The zero-order valence-electron chi connectivity index (χ0n) is 8.83. The monoisotopic (exact) mass is 230 g/mol. The number of ketones is 1. The number of hydrogen-bond acceptors (Lipinski definition) is 4. The van der Waals surface area contributed by atoms with Crippen LogP contribution in [0, 0.1) is 0 Å². The molecule has 0 aliphatic carbocycles. The van der Waals surface area contributed by atoms with Crippen LogP contribution < -0.4 is 0 Å². The predicted octanol–water partition coefficient (Wildman–Crippen LogP) is 2.59. The van der Waals surface area contributed by atoms with E-state index in [4.69, 9.17) is 4.42 Å². The van der Waals surface area contributed by atoms with Crippen molar-refractivity contribution >= 4 is 11.9 Å². The quantitative estimate of drug-likeness (QED) is 0.483. The smallest absolute Gasteiger partial charge is 0.189 e. The van der Waals surface area contributed by atoms with Crippen LogP contribution in [0.25, 0.3) is 6.08 Å². The van der Waals surface area contributed by atoms with Gasteiger partial charge in [0.25, 0.3) is 0 Å². The van der Waals surface area contributed by atoms with Crippen LogP contribution in [0.4, 0.5) is 0 Å². The fourth-order valence-corrected chi connectivity index (χ4v) is 1.36. The molecule has 0 bridgehead atoms. The van der Waals surface area contributed by atoms with Gasteiger partial charge in [0.15, 0.2) is 5.78 Å². The van der Waals surface area contributed by atoms with E-state index in [9.17, 15) is 15.0 Å². The first kappa shape index (κ1) is 11.0. The number of allylic oxidation sites excluding steroid dienone is 1. The van der Waals surface area contributed by atoms with Gasteiger partial charge in [-0.15, -0.1) is 0 Å². The van der Waals surface area contributed by atoms with Gasteiger partial charge >= 0.3 is 0 Å². The van der Waals surface area contributed by atoms with E-state index in [0.717, 1.165) is 0 Å². The van der Waals surface area contributed by atoms with Gasteiger partial charge in [-0.1, -0.05) is 0 Å². The SMILES string of the molecule is O=C(/C=C/c1ccco1)c1cc(O)ccc1O. The number of carbonyl (C=O) groups is 1. The van der Waals surface area contributed by atoms with Crippen LogP contribution in [0.3, 0.4) is 0 Å². The lowest BCUT2D eigenvalue weighted by Gasteiger charge is -2.00. The van der Waals surface area contributed by atoms with Crippen molar-refractivity contribution in [1.82, 2.24) is 0 Å². The Morgan fingerprint density at radius 1 is 1.24 bits per heavy atom. The number of aromatic hydroxyl groups is 2. The zero-order chi connectivity index (χ0) is 12.3. The highest BCUT2D eigenvalue weighted by Crippen LogP contribution is 2.23. The fraction of sp³-hybridized carbons (Fsp3) is 0. The Hall–Kier alpha value is -2.49. The topological polar surface area (TPSA) is 70.7 Å². The van der Waals surface area contributed by atoms with Crippen LogP contribution in [0.1, 0.15) is 16.1 Å².